The molecule has 0 aliphatic carbocycles. The third-order valence-corrected chi connectivity index (χ3v) is 5.40. The number of hydrogen-bond acceptors (Lipinski definition) is 2. The van der Waals surface area contributed by atoms with Crippen LogP contribution in [0.25, 0.3) is 16.9 Å². The Labute approximate surface area is 170 Å². The zero-order chi connectivity index (χ0) is 19.9. The second-order valence-electron chi connectivity index (χ2n) is 6.62. The lowest BCUT2D eigenvalue weighted by atomic mass is 10.0. The molecule has 146 valence electrons. The van der Waals surface area contributed by atoms with Crippen LogP contribution >= 0.6 is 23.2 Å². The lowest BCUT2D eigenvalue weighted by molar-refractivity contribution is -0.137. The van der Waals surface area contributed by atoms with Crippen molar-refractivity contribution in [2.24, 2.45) is 0 Å². The summed E-state index contributed by atoms with van der Waals surface area (Å²) in [4.78, 5) is 0. The lowest BCUT2D eigenvalue weighted by Crippen LogP contribution is -2.07. The number of benzene rings is 2. The summed E-state index contributed by atoms with van der Waals surface area (Å²) < 4.78 is 41.7. The molecule has 0 saturated carbocycles. The van der Waals surface area contributed by atoms with Crippen LogP contribution in [0.5, 0.6) is 0 Å². The van der Waals surface area contributed by atoms with E-state index in [1.807, 2.05) is 18.2 Å². The van der Waals surface area contributed by atoms with Crippen LogP contribution in [-0.2, 0) is 12.6 Å². The fourth-order valence-corrected chi connectivity index (χ4v) is 3.86. The largest absolute Gasteiger partial charge is 0.417 e. The molecular formula is C20H16Cl2F3N3. The van der Waals surface area contributed by atoms with Crippen LogP contribution < -0.4 is 5.32 Å². The smallest absolute Gasteiger partial charge is 0.370 e. The number of fused-ring (bicyclic) bond motifs is 1. The third kappa shape index (κ3) is 3.47. The second kappa shape index (κ2) is 7.33. The van der Waals surface area contributed by atoms with Crippen molar-refractivity contribution in [3.05, 3.63) is 63.6 Å². The van der Waals surface area contributed by atoms with Crippen LogP contribution in [0.4, 0.5) is 19.0 Å². The van der Waals surface area contributed by atoms with Crippen molar-refractivity contribution in [1.29, 1.82) is 0 Å². The van der Waals surface area contributed by atoms with E-state index in [1.54, 1.807) is 16.8 Å². The first-order valence-electron chi connectivity index (χ1n) is 8.84. The molecule has 8 heteroatoms. The van der Waals surface area contributed by atoms with E-state index < -0.39 is 11.7 Å². The maximum absolute atomic E-state index is 13.3. The van der Waals surface area contributed by atoms with Gasteiger partial charge in [-0.25, -0.2) is 4.68 Å². The molecule has 0 spiro atoms. The highest BCUT2D eigenvalue weighted by molar-refractivity contribution is 6.32. The monoisotopic (exact) mass is 425 g/mol. The Morgan fingerprint density at radius 2 is 1.79 bits per heavy atom. The molecule has 0 fully saturated rings. The first kappa shape index (κ1) is 19.2. The highest BCUT2D eigenvalue weighted by Gasteiger charge is 2.34. The van der Waals surface area contributed by atoms with Crippen LogP contribution in [0.15, 0.2) is 42.5 Å². The van der Waals surface area contributed by atoms with Crippen LogP contribution in [0, 0.1) is 0 Å². The zero-order valence-electron chi connectivity index (χ0n) is 14.7. The molecule has 1 aliphatic heterocycles. The summed E-state index contributed by atoms with van der Waals surface area (Å²) in [7, 11) is 0. The normalized spacial score (nSPS) is 14.3. The Bertz CT molecular complexity index is 1030. The van der Waals surface area contributed by atoms with E-state index in [-0.39, 0.29) is 5.02 Å². The van der Waals surface area contributed by atoms with E-state index in [9.17, 15) is 13.2 Å². The summed E-state index contributed by atoms with van der Waals surface area (Å²) in [6.45, 7) is 0.761. The lowest BCUT2D eigenvalue weighted by Gasteiger charge is -2.10. The van der Waals surface area contributed by atoms with Gasteiger partial charge in [-0.15, -0.1) is 0 Å². The molecule has 0 amide bonds. The minimum absolute atomic E-state index is 0.328. The molecule has 2 heterocycles. The van der Waals surface area contributed by atoms with E-state index in [2.05, 4.69) is 10.4 Å². The molecule has 0 unspecified atom stereocenters. The van der Waals surface area contributed by atoms with Crippen molar-refractivity contribution in [1.82, 2.24) is 9.78 Å². The maximum atomic E-state index is 13.3. The van der Waals surface area contributed by atoms with Crippen molar-refractivity contribution in [3.63, 3.8) is 0 Å². The quantitative estimate of drug-likeness (QED) is 0.500. The Hall–Kier alpha value is -2.18. The Kier molecular flexibility index (Phi) is 5.02. The van der Waals surface area contributed by atoms with Crippen LogP contribution in [0.2, 0.25) is 10.0 Å². The molecule has 0 atom stereocenters. The predicted octanol–water partition coefficient (Wildman–Crippen LogP) is 6.61. The number of para-hydroxylation sites is 1. The zero-order valence-corrected chi connectivity index (χ0v) is 16.2. The van der Waals surface area contributed by atoms with Crippen LogP contribution in [0.3, 0.4) is 0 Å². The summed E-state index contributed by atoms with van der Waals surface area (Å²) in [6.07, 6.45) is -1.94. The molecule has 3 nitrogen and oxygen atoms in total. The standard InChI is InChI=1S/C20H16Cl2F3N3/c21-15-9-8-12(11-14(15)20(23,24)25)18-13-5-3-4-10-26-19(13)28(27-18)17-7-2-1-6-16(17)22/h1-2,6-9,11,26H,3-5,10H2. The van der Waals surface area contributed by atoms with Gasteiger partial charge < -0.3 is 5.32 Å². The van der Waals surface area contributed by atoms with Gasteiger partial charge in [-0.2, -0.15) is 18.3 Å². The number of alkyl halides is 3. The van der Waals surface area contributed by atoms with Crippen LogP contribution in [0.1, 0.15) is 24.0 Å². The number of nitrogens with one attached hydrogen (secondary N) is 1. The first-order chi connectivity index (χ1) is 13.4. The fraction of sp³-hybridized carbons (Fsp3) is 0.250. The summed E-state index contributed by atoms with van der Waals surface area (Å²) >= 11 is 12.1. The van der Waals surface area contributed by atoms with Gasteiger partial charge in [-0.3, -0.25) is 0 Å². The highest BCUT2D eigenvalue weighted by atomic mass is 35.5. The Morgan fingerprint density at radius 1 is 1.00 bits per heavy atom. The van der Waals surface area contributed by atoms with Gasteiger partial charge in [0.1, 0.15) is 5.82 Å². The minimum atomic E-state index is -4.53. The Morgan fingerprint density at radius 3 is 2.54 bits per heavy atom. The van der Waals surface area contributed by atoms with Crippen molar-refractivity contribution in [3.8, 4) is 16.9 Å². The van der Waals surface area contributed by atoms with E-state index in [1.165, 1.54) is 6.07 Å². The van der Waals surface area contributed by atoms with Crippen molar-refractivity contribution in [2.45, 2.75) is 25.4 Å². The molecule has 4 rings (SSSR count). The van der Waals surface area contributed by atoms with Crippen molar-refractivity contribution in [2.75, 3.05) is 11.9 Å². The molecule has 28 heavy (non-hydrogen) atoms. The van der Waals surface area contributed by atoms with Gasteiger partial charge >= 0.3 is 6.18 Å². The number of halogens is 5. The van der Waals surface area contributed by atoms with Gasteiger partial charge in [0, 0.05) is 17.7 Å². The molecule has 0 saturated heterocycles. The van der Waals surface area contributed by atoms with Gasteiger partial charge in [-0.05, 0) is 43.5 Å². The third-order valence-electron chi connectivity index (χ3n) is 4.76. The summed E-state index contributed by atoms with van der Waals surface area (Å²) in [5, 5.41) is 8.19. The second-order valence-corrected chi connectivity index (χ2v) is 7.43. The minimum Gasteiger partial charge on any atom is -0.370 e. The number of nitrogens with zero attached hydrogens (tertiary/aromatic N) is 2. The number of rotatable bonds is 2. The summed E-state index contributed by atoms with van der Waals surface area (Å²) in [5.41, 5.74) is 1.57. The molecule has 1 aromatic heterocycles. The van der Waals surface area contributed by atoms with Crippen molar-refractivity contribution >= 4 is 29.0 Å². The molecule has 3 aromatic rings. The molecule has 1 aliphatic rings. The van der Waals surface area contributed by atoms with Gasteiger partial charge in [0.2, 0.25) is 0 Å². The molecule has 0 bridgehead atoms. The molecule has 0 radical (unpaired) electrons. The summed E-state index contributed by atoms with van der Waals surface area (Å²) in [6, 6.07) is 11.1. The molecule has 2 aromatic carbocycles. The predicted molar refractivity (Wildman–Crippen MR) is 105 cm³/mol. The van der Waals surface area contributed by atoms with E-state index >= 15 is 0 Å². The van der Waals surface area contributed by atoms with Crippen molar-refractivity contribution < 1.29 is 13.2 Å². The van der Waals surface area contributed by atoms with Gasteiger partial charge in [0.25, 0.3) is 0 Å². The highest BCUT2D eigenvalue weighted by Crippen LogP contribution is 2.40. The average Bonchev–Trinajstić information content (AvgIpc) is 2.83. The van der Waals surface area contributed by atoms with Gasteiger partial charge in [-0.1, -0.05) is 41.4 Å². The van der Waals surface area contributed by atoms with Gasteiger partial charge in [0.15, 0.2) is 0 Å². The summed E-state index contributed by atoms with van der Waals surface area (Å²) in [5.74, 6) is 0.768. The maximum Gasteiger partial charge on any atom is 0.417 e. The van der Waals surface area contributed by atoms with E-state index in [4.69, 9.17) is 23.2 Å². The number of aromatic nitrogens is 2. The first-order valence-corrected chi connectivity index (χ1v) is 9.59. The van der Waals surface area contributed by atoms with Gasteiger partial charge in [0.05, 0.1) is 27.0 Å². The van der Waals surface area contributed by atoms with Crippen LogP contribution in [-0.4, -0.2) is 16.3 Å². The average molecular weight is 426 g/mol. The fourth-order valence-electron chi connectivity index (χ4n) is 3.42. The topological polar surface area (TPSA) is 29.9 Å². The number of hydrogen-bond donors (Lipinski definition) is 1. The number of anilines is 1. The SMILES string of the molecule is FC(F)(F)c1cc(-c2nn(-c3ccccc3Cl)c3c2CCCCN3)ccc1Cl. The molecular weight excluding hydrogens is 410 g/mol. The van der Waals surface area contributed by atoms with E-state index in [0.29, 0.717) is 28.4 Å². The Balaban J connectivity index is 1.93. The van der Waals surface area contributed by atoms with E-state index in [0.717, 1.165) is 36.8 Å². The molecule has 1 N–H and O–H groups in total.